The van der Waals surface area contributed by atoms with Gasteiger partial charge < -0.3 is 10.5 Å². The van der Waals surface area contributed by atoms with E-state index in [9.17, 15) is 14.4 Å². The maximum atomic E-state index is 13.1. The first kappa shape index (κ1) is 19.3. The zero-order valence-electron chi connectivity index (χ0n) is 15.2. The Balaban J connectivity index is 2.26. The Bertz CT molecular complexity index is 709. The second-order valence-electron chi connectivity index (χ2n) is 7.29. The molecule has 1 unspecified atom stereocenters. The summed E-state index contributed by atoms with van der Waals surface area (Å²) >= 11 is 1.03. The summed E-state index contributed by atoms with van der Waals surface area (Å²) in [5.41, 5.74) is 5.39. The summed E-state index contributed by atoms with van der Waals surface area (Å²) in [4.78, 5) is 41.5. The Labute approximate surface area is 150 Å². The first-order chi connectivity index (χ1) is 11.5. The van der Waals surface area contributed by atoms with E-state index in [0.717, 1.165) is 24.2 Å². The fraction of sp³-hybridized carbons (Fsp3) is 0.625. The van der Waals surface area contributed by atoms with Gasteiger partial charge in [0.1, 0.15) is 11.6 Å². The number of amides is 4. The number of rotatable bonds is 2. The monoisotopic (exact) mass is 369 g/mol. The molecule has 1 aromatic heterocycles. The largest absolute Gasteiger partial charge is 0.444 e. The van der Waals surface area contributed by atoms with Crippen LogP contribution in [0.2, 0.25) is 0 Å². The van der Waals surface area contributed by atoms with E-state index in [-0.39, 0.29) is 17.1 Å². The number of quaternary nitrogens is 1. The van der Waals surface area contributed by atoms with E-state index in [1.165, 1.54) is 0 Å². The van der Waals surface area contributed by atoms with Crippen molar-refractivity contribution in [2.45, 2.75) is 59.1 Å². The molecule has 0 aliphatic carbocycles. The summed E-state index contributed by atoms with van der Waals surface area (Å²) in [7, 11) is 0. The van der Waals surface area contributed by atoms with Gasteiger partial charge >= 0.3 is 18.0 Å². The number of thiazole rings is 1. The topological polar surface area (TPSA) is 111 Å². The molecule has 2 atom stereocenters. The van der Waals surface area contributed by atoms with Crippen LogP contribution in [0.5, 0.6) is 0 Å². The summed E-state index contributed by atoms with van der Waals surface area (Å²) < 4.78 is 4.79. The van der Waals surface area contributed by atoms with Gasteiger partial charge in [-0.3, -0.25) is 5.32 Å². The number of hydrogen-bond donors (Lipinski definition) is 2. The molecule has 4 amide bonds. The van der Waals surface area contributed by atoms with Gasteiger partial charge in [-0.1, -0.05) is 11.3 Å². The molecule has 1 aliphatic rings. The van der Waals surface area contributed by atoms with E-state index in [0.29, 0.717) is 17.1 Å². The number of aromatic nitrogens is 1. The van der Waals surface area contributed by atoms with E-state index >= 15 is 0 Å². The average Bonchev–Trinajstić information content (AvgIpc) is 2.99. The lowest BCUT2D eigenvalue weighted by Crippen LogP contribution is -2.61. The van der Waals surface area contributed by atoms with Crippen molar-refractivity contribution in [2.24, 2.45) is 5.73 Å². The zero-order chi connectivity index (χ0) is 19.0. The second-order valence-corrected chi connectivity index (χ2v) is 8.29. The SMILES string of the molecule is Cc1nc(NC(=O)OC(C)(C)C)sc1C(=O)[N+]1(C(N)=O)CCC[C@H]1C. The van der Waals surface area contributed by atoms with Crippen LogP contribution in [0.15, 0.2) is 0 Å². The number of anilines is 1. The minimum atomic E-state index is -0.649. The van der Waals surface area contributed by atoms with Crippen LogP contribution < -0.4 is 11.1 Å². The number of nitrogens with zero attached hydrogens (tertiary/aromatic N) is 2. The van der Waals surface area contributed by atoms with Gasteiger partial charge in [-0.05, 0) is 34.6 Å². The molecule has 0 saturated carbocycles. The number of carbonyl (C=O) groups is 3. The molecule has 0 radical (unpaired) electrons. The lowest BCUT2D eigenvalue weighted by atomic mass is 10.2. The summed E-state index contributed by atoms with van der Waals surface area (Å²) in [6, 6.07) is -0.821. The van der Waals surface area contributed by atoms with Crippen molar-refractivity contribution in [1.29, 1.82) is 0 Å². The van der Waals surface area contributed by atoms with Crippen molar-refractivity contribution in [3.8, 4) is 0 Å². The first-order valence-corrected chi connectivity index (χ1v) is 8.99. The van der Waals surface area contributed by atoms with Gasteiger partial charge in [0.2, 0.25) is 0 Å². The van der Waals surface area contributed by atoms with Crippen LogP contribution >= 0.6 is 11.3 Å². The molecule has 0 bridgehead atoms. The fourth-order valence-corrected chi connectivity index (χ4v) is 3.98. The van der Waals surface area contributed by atoms with Crippen LogP contribution in [0.1, 0.15) is 55.9 Å². The molecule has 25 heavy (non-hydrogen) atoms. The minimum absolute atomic E-state index is 0.172. The van der Waals surface area contributed by atoms with E-state index in [4.69, 9.17) is 10.5 Å². The van der Waals surface area contributed by atoms with Gasteiger partial charge in [-0.25, -0.2) is 19.4 Å². The molecule has 1 fully saturated rings. The number of likely N-dealkylation sites (tertiary alicyclic amines) is 1. The number of imide groups is 1. The van der Waals surface area contributed by atoms with Crippen LogP contribution in [0.3, 0.4) is 0 Å². The third-order valence-corrected chi connectivity index (χ3v) is 5.30. The van der Waals surface area contributed by atoms with Crippen molar-refractivity contribution in [1.82, 2.24) is 4.98 Å². The normalized spacial score (nSPS) is 23.3. The van der Waals surface area contributed by atoms with E-state index < -0.39 is 22.2 Å². The van der Waals surface area contributed by atoms with E-state index in [1.807, 2.05) is 6.92 Å². The zero-order valence-corrected chi connectivity index (χ0v) is 16.0. The maximum absolute atomic E-state index is 13.1. The summed E-state index contributed by atoms with van der Waals surface area (Å²) in [6.07, 6.45) is 0.875. The third-order valence-electron chi connectivity index (χ3n) is 4.24. The smallest absolute Gasteiger partial charge is 0.422 e. The van der Waals surface area contributed by atoms with Gasteiger partial charge in [0, 0.05) is 12.8 Å². The van der Waals surface area contributed by atoms with Gasteiger partial charge in [-0.15, -0.1) is 0 Å². The van der Waals surface area contributed by atoms with Gasteiger partial charge in [0.05, 0.1) is 12.2 Å². The Morgan fingerprint density at radius 1 is 1.36 bits per heavy atom. The number of carbonyl (C=O) groups excluding carboxylic acids is 3. The molecule has 138 valence electrons. The molecule has 1 aliphatic heterocycles. The van der Waals surface area contributed by atoms with Gasteiger partial charge in [-0.2, -0.15) is 4.48 Å². The highest BCUT2D eigenvalue weighted by molar-refractivity contribution is 7.17. The first-order valence-electron chi connectivity index (χ1n) is 8.17. The van der Waals surface area contributed by atoms with Crippen molar-refractivity contribution in [3.05, 3.63) is 10.6 Å². The Morgan fingerprint density at radius 2 is 2.00 bits per heavy atom. The predicted molar refractivity (Wildman–Crippen MR) is 94.4 cm³/mol. The molecule has 3 N–H and O–H groups in total. The van der Waals surface area contributed by atoms with E-state index in [1.54, 1.807) is 27.7 Å². The molecule has 1 aromatic rings. The molecule has 2 rings (SSSR count). The Kier molecular flexibility index (Phi) is 5.19. The lowest BCUT2D eigenvalue weighted by molar-refractivity contribution is -0.776. The Morgan fingerprint density at radius 3 is 2.48 bits per heavy atom. The number of aryl methyl sites for hydroxylation is 1. The van der Waals surface area contributed by atoms with Crippen LogP contribution in [-0.4, -0.2) is 45.7 Å². The molecular formula is C16H25N4O4S+. The highest BCUT2D eigenvalue weighted by Gasteiger charge is 2.52. The van der Waals surface area contributed by atoms with Crippen molar-refractivity contribution in [3.63, 3.8) is 0 Å². The highest BCUT2D eigenvalue weighted by Crippen LogP contribution is 2.33. The minimum Gasteiger partial charge on any atom is -0.444 e. The number of nitrogens with two attached hydrogens (primary N) is 1. The molecule has 8 nitrogen and oxygen atoms in total. The molecule has 9 heteroatoms. The lowest BCUT2D eigenvalue weighted by Gasteiger charge is -2.30. The summed E-state index contributed by atoms with van der Waals surface area (Å²) in [5.74, 6) is -0.357. The fourth-order valence-electron chi connectivity index (χ4n) is 3.03. The molecular weight excluding hydrogens is 344 g/mol. The number of urea groups is 1. The van der Waals surface area contributed by atoms with Crippen molar-refractivity contribution < 1.29 is 23.6 Å². The summed E-state index contributed by atoms with van der Waals surface area (Å²) in [5, 5.41) is 2.78. The third kappa shape index (κ3) is 3.82. The molecule has 0 aromatic carbocycles. The second kappa shape index (κ2) is 6.72. The average molecular weight is 369 g/mol. The Hall–Kier alpha value is -2.00. The van der Waals surface area contributed by atoms with Crippen molar-refractivity contribution >= 4 is 34.5 Å². The highest BCUT2D eigenvalue weighted by atomic mass is 32.1. The van der Waals surface area contributed by atoms with Gasteiger partial charge in [0.15, 0.2) is 10.0 Å². The van der Waals surface area contributed by atoms with Crippen LogP contribution in [0.25, 0.3) is 0 Å². The van der Waals surface area contributed by atoms with Crippen LogP contribution in [0, 0.1) is 6.92 Å². The van der Waals surface area contributed by atoms with Crippen molar-refractivity contribution in [2.75, 3.05) is 11.9 Å². The van der Waals surface area contributed by atoms with Gasteiger partial charge in [0.25, 0.3) is 0 Å². The quantitative estimate of drug-likeness (QED) is 0.778. The molecule has 1 saturated heterocycles. The number of nitrogens with one attached hydrogen (secondary N) is 1. The van der Waals surface area contributed by atoms with Crippen LogP contribution in [0.4, 0.5) is 14.7 Å². The maximum Gasteiger partial charge on any atom is 0.422 e. The van der Waals surface area contributed by atoms with E-state index in [2.05, 4.69) is 10.3 Å². The number of ether oxygens (including phenoxy) is 1. The predicted octanol–water partition coefficient (Wildman–Crippen LogP) is 3.02. The molecule has 0 spiro atoms. The molecule has 2 heterocycles. The van der Waals surface area contributed by atoms with Crippen LogP contribution in [-0.2, 0) is 4.74 Å². The number of hydrogen-bond acceptors (Lipinski definition) is 6. The standard InChI is InChI=1S/C16H24N4O4S/c1-9-7-6-8-20(9,13(17)22)12(21)11-10(2)18-14(25-11)19-15(23)24-16(3,4)5/h9H,6-8H2,1-5H3,(H2-,17,18,19,21,22,23)/p+1/t9-,20?/m1/s1. The number of primary amides is 1. The summed E-state index contributed by atoms with van der Waals surface area (Å²) in [6.45, 7) is 9.17.